The quantitative estimate of drug-likeness (QED) is 0.844. The minimum absolute atomic E-state index is 0.0957. The van der Waals surface area contributed by atoms with Crippen molar-refractivity contribution >= 4 is 0 Å². The number of β-amino-alcohol motifs (C(OH)–C–C–N with tert-alkyl or cyclic N) is 1. The lowest BCUT2D eigenvalue weighted by atomic mass is 10.2. The molecule has 1 aromatic heterocycles. The minimum atomic E-state index is -0.629. The normalized spacial score (nSPS) is 24.2. The number of aliphatic hydroxyl groups excluding tert-OH is 1. The summed E-state index contributed by atoms with van der Waals surface area (Å²) in [5, 5.41) is 28.1. The first-order valence-corrected chi connectivity index (χ1v) is 6.94. The number of ether oxygens (including phenoxy) is 1. The molecule has 1 N–H and O–H groups in total. The lowest BCUT2D eigenvalue weighted by Gasteiger charge is -2.36. The summed E-state index contributed by atoms with van der Waals surface area (Å²) in [4.78, 5) is 6.01. The molecule has 1 fully saturated rings. The summed E-state index contributed by atoms with van der Waals surface area (Å²) in [6, 6.07) is 3.82. The first-order valence-electron chi connectivity index (χ1n) is 6.94. The van der Waals surface area contributed by atoms with Gasteiger partial charge in [-0.05, 0) is 13.8 Å². The number of nitrogens with zero attached hydrogens (tertiary/aromatic N) is 5. The Hall–Kier alpha value is -1.93. The van der Waals surface area contributed by atoms with E-state index in [1.807, 2.05) is 26.0 Å². The molecule has 0 bridgehead atoms. The number of hydrogen-bond acceptors (Lipinski definition) is 6. The van der Waals surface area contributed by atoms with Crippen molar-refractivity contribution < 1.29 is 9.84 Å². The van der Waals surface area contributed by atoms with Crippen LogP contribution in [0.25, 0.3) is 0 Å². The fourth-order valence-electron chi connectivity index (χ4n) is 2.74. The van der Waals surface area contributed by atoms with Crippen LogP contribution in [0.15, 0.2) is 6.33 Å². The van der Waals surface area contributed by atoms with E-state index in [1.165, 1.54) is 10.9 Å². The summed E-state index contributed by atoms with van der Waals surface area (Å²) in [5.41, 5.74) is 0.290. The highest BCUT2D eigenvalue weighted by molar-refractivity contribution is 5.36. The fraction of sp³-hybridized carbons (Fsp3) is 0.643. The van der Waals surface area contributed by atoms with Crippen LogP contribution in [0.1, 0.15) is 25.2 Å². The molecule has 0 amide bonds. The van der Waals surface area contributed by atoms with Gasteiger partial charge in [-0.2, -0.15) is 10.5 Å². The van der Waals surface area contributed by atoms with E-state index in [4.69, 9.17) is 15.3 Å². The van der Waals surface area contributed by atoms with Crippen LogP contribution in [-0.4, -0.2) is 57.5 Å². The number of morpholine rings is 1. The SMILES string of the molecule is CC1CN(CC(O)Cn2cnc(C#N)c2C#N)CC(C)O1. The summed E-state index contributed by atoms with van der Waals surface area (Å²) < 4.78 is 7.18. The van der Waals surface area contributed by atoms with Gasteiger partial charge in [0.05, 0.1) is 31.2 Å². The second-order valence-corrected chi connectivity index (χ2v) is 5.45. The topological polar surface area (TPSA) is 98.1 Å². The molecule has 0 spiro atoms. The fourth-order valence-corrected chi connectivity index (χ4v) is 2.74. The van der Waals surface area contributed by atoms with Crippen LogP contribution in [-0.2, 0) is 11.3 Å². The number of rotatable bonds is 4. The Balaban J connectivity index is 1.96. The highest BCUT2D eigenvalue weighted by Crippen LogP contribution is 2.12. The van der Waals surface area contributed by atoms with Gasteiger partial charge in [-0.25, -0.2) is 4.98 Å². The van der Waals surface area contributed by atoms with E-state index in [1.54, 1.807) is 0 Å². The summed E-state index contributed by atoms with van der Waals surface area (Å²) in [5.74, 6) is 0. The van der Waals surface area contributed by atoms with Crippen molar-refractivity contribution in [2.75, 3.05) is 19.6 Å². The Bertz CT molecular complexity index is 561. The van der Waals surface area contributed by atoms with Crippen molar-refractivity contribution in [3.8, 4) is 12.1 Å². The maximum Gasteiger partial charge on any atom is 0.176 e. The van der Waals surface area contributed by atoms with E-state index >= 15 is 0 Å². The molecule has 7 heteroatoms. The number of nitriles is 2. The van der Waals surface area contributed by atoms with Crippen molar-refractivity contribution in [3.63, 3.8) is 0 Å². The van der Waals surface area contributed by atoms with Gasteiger partial charge in [-0.1, -0.05) is 0 Å². The van der Waals surface area contributed by atoms with Crippen LogP contribution in [0.3, 0.4) is 0 Å². The highest BCUT2D eigenvalue weighted by atomic mass is 16.5. The van der Waals surface area contributed by atoms with Crippen molar-refractivity contribution in [1.82, 2.24) is 14.5 Å². The van der Waals surface area contributed by atoms with Crippen molar-refractivity contribution in [1.29, 1.82) is 10.5 Å². The first kappa shape index (κ1) is 15.5. The molecule has 0 aromatic carbocycles. The number of aromatic nitrogens is 2. The molecular formula is C14H19N5O2. The molecule has 0 saturated carbocycles. The standard InChI is InChI=1S/C14H19N5O2/c1-10-5-18(6-11(2)21-10)7-12(20)8-19-9-17-13(3-15)14(19)4-16/h9-12,20H,5-8H2,1-2H3. The molecular weight excluding hydrogens is 270 g/mol. The molecule has 2 rings (SSSR count). The monoisotopic (exact) mass is 289 g/mol. The van der Waals surface area contributed by atoms with Crippen LogP contribution in [0.2, 0.25) is 0 Å². The van der Waals surface area contributed by atoms with Gasteiger partial charge in [0.2, 0.25) is 0 Å². The highest BCUT2D eigenvalue weighted by Gasteiger charge is 2.24. The van der Waals surface area contributed by atoms with E-state index in [0.717, 1.165) is 13.1 Å². The van der Waals surface area contributed by atoms with Crippen LogP contribution >= 0.6 is 0 Å². The molecule has 3 unspecified atom stereocenters. The van der Waals surface area contributed by atoms with E-state index in [9.17, 15) is 5.11 Å². The molecule has 21 heavy (non-hydrogen) atoms. The van der Waals surface area contributed by atoms with Gasteiger partial charge in [0, 0.05) is 19.6 Å². The van der Waals surface area contributed by atoms with Gasteiger partial charge in [0.25, 0.3) is 0 Å². The zero-order chi connectivity index (χ0) is 15.4. The molecule has 1 aromatic rings. The predicted octanol–water partition coefficient (Wildman–Crippen LogP) is 0.0966. The van der Waals surface area contributed by atoms with E-state index in [0.29, 0.717) is 6.54 Å². The zero-order valence-electron chi connectivity index (χ0n) is 12.2. The Labute approximate surface area is 124 Å². The summed E-state index contributed by atoms with van der Waals surface area (Å²) >= 11 is 0. The average Bonchev–Trinajstić information content (AvgIpc) is 2.78. The van der Waals surface area contributed by atoms with Gasteiger partial charge < -0.3 is 14.4 Å². The number of aliphatic hydroxyl groups is 1. The van der Waals surface area contributed by atoms with Gasteiger partial charge in [-0.3, -0.25) is 4.90 Å². The summed E-state index contributed by atoms with van der Waals surface area (Å²) in [7, 11) is 0. The van der Waals surface area contributed by atoms with Crippen LogP contribution < -0.4 is 0 Å². The van der Waals surface area contributed by atoms with Crippen molar-refractivity contribution in [3.05, 3.63) is 17.7 Å². The average molecular weight is 289 g/mol. The number of imidazole rings is 1. The van der Waals surface area contributed by atoms with Crippen molar-refractivity contribution in [2.24, 2.45) is 0 Å². The third-order valence-corrected chi connectivity index (χ3v) is 3.42. The van der Waals surface area contributed by atoms with E-state index in [-0.39, 0.29) is 30.1 Å². The smallest absolute Gasteiger partial charge is 0.176 e. The second kappa shape index (κ2) is 6.68. The molecule has 3 atom stereocenters. The maximum atomic E-state index is 10.2. The lowest BCUT2D eigenvalue weighted by Crippen LogP contribution is -2.48. The van der Waals surface area contributed by atoms with Crippen molar-refractivity contribution in [2.45, 2.75) is 38.7 Å². The molecule has 1 aliphatic heterocycles. The predicted molar refractivity (Wildman–Crippen MR) is 74.1 cm³/mol. The zero-order valence-corrected chi connectivity index (χ0v) is 12.2. The second-order valence-electron chi connectivity index (χ2n) is 5.45. The molecule has 2 heterocycles. The largest absolute Gasteiger partial charge is 0.390 e. The van der Waals surface area contributed by atoms with E-state index in [2.05, 4.69) is 9.88 Å². The summed E-state index contributed by atoms with van der Waals surface area (Å²) in [6.45, 7) is 6.33. The molecule has 1 saturated heterocycles. The van der Waals surface area contributed by atoms with Gasteiger partial charge in [-0.15, -0.1) is 0 Å². The molecule has 7 nitrogen and oxygen atoms in total. The van der Waals surface area contributed by atoms with E-state index < -0.39 is 6.10 Å². The molecule has 1 aliphatic rings. The van der Waals surface area contributed by atoms with Gasteiger partial charge in [0.15, 0.2) is 11.4 Å². The number of hydrogen-bond donors (Lipinski definition) is 1. The molecule has 0 radical (unpaired) electrons. The summed E-state index contributed by atoms with van der Waals surface area (Å²) in [6.07, 6.45) is 1.09. The maximum absolute atomic E-state index is 10.2. The third kappa shape index (κ3) is 3.79. The minimum Gasteiger partial charge on any atom is -0.390 e. The molecule has 0 aliphatic carbocycles. The first-order chi connectivity index (χ1) is 10.0. The van der Waals surface area contributed by atoms with Gasteiger partial charge in [0.1, 0.15) is 12.1 Å². The third-order valence-electron chi connectivity index (χ3n) is 3.42. The Morgan fingerprint density at radius 1 is 1.33 bits per heavy atom. The molecule has 112 valence electrons. The van der Waals surface area contributed by atoms with Gasteiger partial charge >= 0.3 is 0 Å². The lowest BCUT2D eigenvalue weighted by molar-refractivity contribution is -0.0772. The Morgan fingerprint density at radius 2 is 2.00 bits per heavy atom. The van der Waals surface area contributed by atoms with Crippen LogP contribution in [0.4, 0.5) is 0 Å². The van der Waals surface area contributed by atoms with Crippen LogP contribution in [0, 0.1) is 22.7 Å². The van der Waals surface area contributed by atoms with Crippen LogP contribution in [0.5, 0.6) is 0 Å². The Morgan fingerprint density at radius 3 is 2.57 bits per heavy atom. The Kier molecular flexibility index (Phi) is 4.92.